The van der Waals surface area contributed by atoms with Gasteiger partial charge in [-0.3, -0.25) is 4.90 Å². The first kappa shape index (κ1) is 14.2. The summed E-state index contributed by atoms with van der Waals surface area (Å²) in [6, 6.07) is 0. The molecule has 0 spiro atoms. The molecule has 98 valence electrons. The van der Waals surface area contributed by atoms with Gasteiger partial charge < -0.3 is 0 Å². The topological polar surface area (TPSA) is 34.0 Å². The number of aryl methyl sites for hydroxylation is 2. The summed E-state index contributed by atoms with van der Waals surface area (Å²) in [5.74, 6) is 2.08. The van der Waals surface area contributed by atoms with Crippen molar-refractivity contribution < 1.29 is 0 Å². The van der Waals surface area contributed by atoms with E-state index in [1.165, 1.54) is 12.8 Å². The van der Waals surface area contributed by atoms with Crippen LogP contribution in [-0.2, 0) is 19.5 Å². The van der Waals surface area contributed by atoms with Gasteiger partial charge in [0.15, 0.2) is 5.82 Å². The van der Waals surface area contributed by atoms with E-state index in [9.17, 15) is 0 Å². The highest BCUT2D eigenvalue weighted by Gasteiger charge is 2.10. The van der Waals surface area contributed by atoms with Crippen molar-refractivity contribution in [3.63, 3.8) is 0 Å². The summed E-state index contributed by atoms with van der Waals surface area (Å²) in [5.41, 5.74) is 0. The van der Waals surface area contributed by atoms with Crippen LogP contribution in [0, 0.1) is 0 Å². The first-order valence-corrected chi connectivity index (χ1v) is 6.89. The highest BCUT2D eigenvalue weighted by molar-refractivity contribution is 4.92. The first-order chi connectivity index (χ1) is 8.24. The lowest BCUT2D eigenvalue weighted by Crippen LogP contribution is -2.29. The average molecular weight is 238 g/mol. The zero-order chi connectivity index (χ0) is 12.7. The molecule has 1 aromatic rings. The summed E-state index contributed by atoms with van der Waals surface area (Å²) >= 11 is 0. The molecule has 4 nitrogen and oxygen atoms in total. The molecule has 0 atom stereocenters. The van der Waals surface area contributed by atoms with Crippen LogP contribution in [0.1, 0.15) is 52.2 Å². The van der Waals surface area contributed by atoms with Gasteiger partial charge in [0.25, 0.3) is 0 Å². The predicted molar refractivity (Wildman–Crippen MR) is 70.9 cm³/mol. The van der Waals surface area contributed by atoms with Gasteiger partial charge >= 0.3 is 0 Å². The Kier molecular flexibility index (Phi) is 6.19. The summed E-state index contributed by atoms with van der Waals surface area (Å²) in [6.07, 6.45) is 4.26. The molecule has 1 aromatic heterocycles. The van der Waals surface area contributed by atoms with Crippen molar-refractivity contribution in [1.82, 2.24) is 19.7 Å². The lowest BCUT2D eigenvalue weighted by atomic mass is 10.4. The second-order valence-electron chi connectivity index (χ2n) is 4.41. The average Bonchev–Trinajstić information content (AvgIpc) is 2.72. The minimum atomic E-state index is 0.887. The monoisotopic (exact) mass is 238 g/mol. The number of aromatic nitrogens is 3. The molecular formula is C13H26N4. The highest BCUT2D eigenvalue weighted by Crippen LogP contribution is 2.04. The molecule has 0 amide bonds. The van der Waals surface area contributed by atoms with E-state index in [0.717, 1.165) is 44.2 Å². The molecule has 0 aliphatic heterocycles. The Morgan fingerprint density at radius 1 is 1.00 bits per heavy atom. The maximum Gasteiger partial charge on any atom is 0.150 e. The van der Waals surface area contributed by atoms with Crippen LogP contribution in [0.2, 0.25) is 0 Å². The Hall–Kier alpha value is -0.900. The molecule has 1 rings (SSSR count). The van der Waals surface area contributed by atoms with Crippen LogP contribution in [0.25, 0.3) is 0 Å². The molecule has 0 aliphatic rings. The summed E-state index contributed by atoms with van der Waals surface area (Å²) < 4.78 is 2.07. The van der Waals surface area contributed by atoms with E-state index >= 15 is 0 Å². The predicted octanol–water partition coefficient (Wildman–Crippen LogP) is 2.48. The van der Waals surface area contributed by atoms with Gasteiger partial charge in [0, 0.05) is 12.8 Å². The molecule has 4 heteroatoms. The third-order valence-electron chi connectivity index (χ3n) is 2.84. The Morgan fingerprint density at radius 2 is 1.65 bits per heavy atom. The van der Waals surface area contributed by atoms with Gasteiger partial charge in [0.05, 0.1) is 6.67 Å². The fourth-order valence-electron chi connectivity index (χ4n) is 2.03. The highest BCUT2D eigenvalue weighted by atomic mass is 15.4. The Bertz CT molecular complexity index is 313. The molecule has 17 heavy (non-hydrogen) atoms. The molecule has 0 saturated heterocycles. The third kappa shape index (κ3) is 4.11. The molecule has 1 heterocycles. The van der Waals surface area contributed by atoms with Crippen molar-refractivity contribution >= 4 is 0 Å². The SMILES string of the molecule is CCCN(CCC)Cn1nc(CC)nc1CC. The number of hydrogen-bond acceptors (Lipinski definition) is 3. The van der Waals surface area contributed by atoms with Crippen LogP contribution < -0.4 is 0 Å². The maximum atomic E-state index is 4.57. The molecule has 0 unspecified atom stereocenters. The zero-order valence-electron chi connectivity index (χ0n) is 11.7. The summed E-state index contributed by atoms with van der Waals surface area (Å²) in [4.78, 5) is 7.00. The quantitative estimate of drug-likeness (QED) is 0.698. The van der Waals surface area contributed by atoms with Crippen LogP contribution in [0.5, 0.6) is 0 Å². The van der Waals surface area contributed by atoms with E-state index in [2.05, 4.69) is 47.4 Å². The van der Waals surface area contributed by atoms with E-state index < -0.39 is 0 Å². The van der Waals surface area contributed by atoms with E-state index in [-0.39, 0.29) is 0 Å². The second-order valence-corrected chi connectivity index (χ2v) is 4.41. The normalized spacial score (nSPS) is 11.4. The fraction of sp³-hybridized carbons (Fsp3) is 0.846. The van der Waals surface area contributed by atoms with Crippen molar-refractivity contribution in [3.8, 4) is 0 Å². The van der Waals surface area contributed by atoms with E-state index in [1.807, 2.05) is 0 Å². The van der Waals surface area contributed by atoms with Crippen LogP contribution in [0.15, 0.2) is 0 Å². The fourth-order valence-corrected chi connectivity index (χ4v) is 2.03. The van der Waals surface area contributed by atoms with Crippen molar-refractivity contribution in [3.05, 3.63) is 11.6 Å². The molecule has 0 radical (unpaired) electrons. The minimum absolute atomic E-state index is 0.887. The van der Waals surface area contributed by atoms with Crippen LogP contribution in [0.3, 0.4) is 0 Å². The van der Waals surface area contributed by atoms with Gasteiger partial charge in [-0.15, -0.1) is 0 Å². The Labute approximate surface area is 105 Å². The van der Waals surface area contributed by atoms with Crippen molar-refractivity contribution in [1.29, 1.82) is 0 Å². The molecule has 0 N–H and O–H groups in total. The number of rotatable bonds is 8. The maximum absolute atomic E-state index is 4.57. The molecule has 0 fully saturated rings. The minimum Gasteiger partial charge on any atom is -0.284 e. The van der Waals surface area contributed by atoms with Crippen LogP contribution >= 0.6 is 0 Å². The molecule has 0 bridgehead atoms. The Morgan fingerprint density at radius 3 is 2.12 bits per heavy atom. The summed E-state index contributed by atoms with van der Waals surface area (Å²) in [6.45, 7) is 11.9. The molecular weight excluding hydrogens is 212 g/mol. The third-order valence-corrected chi connectivity index (χ3v) is 2.84. The van der Waals surface area contributed by atoms with E-state index in [1.54, 1.807) is 0 Å². The smallest absolute Gasteiger partial charge is 0.150 e. The molecule has 0 saturated carbocycles. The van der Waals surface area contributed by atoms with Gasteiger partial charge in [-0.25, -0.2) is 9.67 Å². The van der Waals surface area contributed by atoms with Crippen LogP contribution in [-0.4, -0.2) is 32.8 Å². The molecule has 0 aromatic carbocycles. The largest absolute Gasteiger partial charge is 0.284 e. The zero-order valence-corrected chi connectivity index (χ0v) is 11.7. The van der Waals surface area contributed by atoms with Crippen LogP contribution in [0.4, 0.5) is 0 Å². The van der Waals surface area contributed by atoms with Gasteiger partial charge in [0.2, 0.25) is 0 Å². The second kappa shape index (κ2) is 7.43. The van der Waals surface area contributed by atoms with Gasteiger partial charge in [0.1, 0.15) is 5.82 Å². The molecule has 0 aliphatic carbocycles. The first-order valence-electron chi connectivity index (χ1n) is 6.89. The van der Waals surface area contributed by atoms with E-state index in [0.29, 0.717) is 0 Å². The van der Waals surface area contributed by atoms with E-state index in [4.69, 9.17) is 0 Å². The summed E-state index contributed by atoms with van der Waals surface area (Å²) in [7, 11) is 0. The number of hydrogen-bond donors (Lipinski definition) is 0. The van der Waals surface area contributed by atoms with Crippen molar-refractivity contribution in [2.45, 2.75) is 60.0 Å². The van der Waals surface area contributed by atoms with Crippen molar-refractivity contribution in [2.75, 3.05) is 13.1 Å². The van der Waals surface area contributed by atoms with Gasteiger partial charge in [-0.2, -0.15) is 5.10 Å². The standard InChI is InChI=1S/C13H26N4/c1-5-9-16(10-6-2)11-17-13(8-4)14-12(7-3)15-17/h5-11H2,1-4H3. The Balaban J connectivity index is 2.72. The summed E-state index contributed by atoms with van der Waals surface area (Å²) in [5, 5.41) is 4.57. The lowest BCUT2D eigenvalue weighted by Gasteiger charge is -2.21. The van der Waals surface area contributed by atoms with Gasteiger partial charge in [-0.1, -0.05) is 27.7 Å². The van der Waals surface area contributed by atoms with Gasteiger partial charge in [-0.05, 0) is 25.9 Å². The lowest BCUT2D eigenvalue weighted by molar-refractivity contribution is 0.204. The number of nitrogens with zero attached hydrogens (tertiary/aromatic N) is 4. The van der Waals surface area contributed by atoms with Crippen molar-refractivity contribution in [2.24, 2.45) is 0 Å².